The number of piperidine rings is 1. The van der Waals surface area contributed by atoms with Crippen LogP contribution in [0, 0.1) is 3.57 Å². The molecule has 1 saturated heterocycles. The number of hydrogen-bond acceptors (Lipinski definition) is 2. The van der Waals surface area contributed by atoms with Crippen LogP contribution in [0.5, 0.6) is 0 Å². The number of rotatable bonds is 3. The molecule has 1 fully saturated rings. The summed E-state index contributed by atoms with van der Waals surface area (Å²) in [5.74, 6) is 0. The molecule has 18 heavy (non-hydrogen) atoms. The van der Waals surface area contributed by atoms with Gasteiger partial charge in [-0.3, -0.25) is 0 Å². The molecule has 1 aliphatic rings. The number of nitrogens with zero attached hydrogens (tertiary/aromatic N) is 1. The SMILES string of the molecule is CC(C)N1CCC(O)(Cc2ccc(I)cc2)CC1. The summed E-state index contributed by atoms with van der Waals surface area (Å²) in [5, 5.41) is 10.7. The van der Waals surface area contributed by atoms with E-state index in [1.807, 2.05) is 0 Å². The van der Waals surface area contributed by atoms with Crippen molar-refractivity contribution in [2.75, 3.05) is 13.1 Å². The topological polar surface area (TPSA) is 23.5 Å². The van der Waals surface area contributed by atoms with Gasteiger partial charge in [-0.05, 0) is 67.0 Å². The Labute approximate surface area is 124 Å². The van der Waals surface area contributed by atoms with Crippen LogP contribution < -0.4 is 0 Å². The largest absolute Gasteiger partial charge is 0.389 e. The van der Waals surface area contributed by atoms with Crippen molar-refractivity contribution >= 4 is 22.6 Å². The number of aliphatic hydroxyl groups is 1. The summed E-state index contributed by atoms with van der Waals surface area (Å²) in [6.45, 7) is 6.48. The lowest BCUT2D eigenvalue weighted by atomic mass is 9.85. The number of halogens is 1. The summed E-state index contributed by atoms with van der Waals surface area (Å²) in [7, 11) is 0. The Kier molecular flexibility index (Phi) is 4.67. The number of likely N-dealkylation sites (tertiary alicyclic amines) is 1. The molecule has 0 atom stereocenters. The highest BCUT2D eigenvalue weighted by Gasteiger charge is 2.32. The zero-order valence-electron chi connectivity index (χ0n) is 11.2. The van der Waals surface area contributed by atoms with Gasteiger partial charge in [-0.2, -0.15) is 0 Å². The second-order valence-corrected chi connectivity index (χ2v) is 6.90. The van der Waals surface area contributed by atoms with E-state index in [0.717, 1.165) is 32.4 Å². The predicted molar refractivity (Wildman–Crippen MR) is 83.8 cm³/mol. The van der Waals surface area contributed by atoms with Gasteiger partial charge in [0, 0.05) is 29.1 Å². The monoisotopic (exact) mass is 359 g/mol. The Morgan fingerprint density at radius 2 is 1.78 bits per heavy atom. The van der Waals surface area contributed by atoms with Crippen molar-refractivity contribution in [2.24, 2.45) is 0 Å². The Hall–Kier alpha value is -0.130. The first-order valence-electron chi connectivity index (χ1n) is 6.69. The van der Waals surface area contributed by atoms with Crippen LogP contribution >= 0.6 is 22.6 Å². The molecule has 0 unspecified atom stereocenters. The summed E-state index contributed by atoms with van der Waals surface area (Å²) in [4.78, 5) is 2.45. The van der Waals surface area contributed by atoms with Crippen LogP contribution in [0.3, 0.4) is 0 Å². The van der Waals surface area contributed by atoms with Crippen LogP contribution in [-0.4, -0.2) is 34.7 Å². The Bertz CT molecular complexity index is 380. The summed E-state index contributed by atoms with van der Waals surface area (Å²) in [6, 6.07) is 9.08. The highest BCUT2D eigenvalue weighted by atomic mass is 127. The molecule has 1 N–H and O–H groups in total. The minimum absolute atomic E-state index is 0.502. The fraction of sp³-hybridized carbons (Fsp3) is 0.600. The smallest absolute Gasteiger partial charge is 0.0712 e. The predicted octanol–water partition coefficient (Wildman–Crippen LogP) is 3.07. The third-order valence-electron chi connectivity index (χ3n) is 3.91. The van der Waals surface area contributed by atoms with Crippen molar-refractivity contribution in [1.82, 2.24) is 4.90 Å². The second-order valence-electron chi connectivity index (χ2n) is 5.66. The third kappa shape index (κ3) is 3.68. The van der Waals surface area contributed by atoms with Crippen LogP contribution in [0.15, 0.2) is 24.3 Å². The zero-order valence-corrected chi connectivity index (χ0v) is 13.4. The van der Waals surface area contributed by atoms with Gasteiger partial charge in [-0.25, -0.2) is 0 Å². The van der Waals surface area contributed by atoms with Crippen LogP contribution in [0.4, 0.5) is 0 Å². The molecule has 0 aromatic heterocycles. The van der Waals surface area contributed by atoms with Crippen molar-refractivity contribution < 1.29 is 5.11 Å². The minimum atomic E-state index is -0.502. The first kappa shape index (κ1) is 14.3. The van der Waals surface area contributed by atoms with E-state index in [9.17, 15) is 5.11 Å². The molecule has 0 saturated carbocycles. The van der Waals surface area contributed by atoms with Crippen molar-refractivity contribution in [3.63, 3.8) is 0 Å². The first-order valence-corrected chi connectivity index (χ1v) is 7.77. The molecule has 1 heterocycles. The lowest BCUT2D eigenvalue weighted by molar-refractivity contribution is -0.0271. The maximum absolute atomic E-state index is 10.7. The normalized spacial score (nSPS) is 20.3. The molecule has 1 aliphatic heterocycles. The van der Waals surface area contributed by atoms with Crippen molar-refractivity contribution in [2.45, 2.75) is 44.8 Å². The fourth-order valence-electron chi connectivity index (χ4n) is 2.62. The maximum atomic E-state index is 10.7. The molecule has 3 heteroatoms. The Balaban J connectivity index is 1.95. The summed E-state index contributed by atoms with van der Waals surface area (Å²) >= 11 is 2.31. The van der Waals surface area contributed by atoms with E-state index in [4.69, 9.17) is 0 Å². The maximum Gasteiger partial charge on any atom is 0.0712 e. The highest BCUT2D eigenvalue weighted by molar-refractivity contribution is 14.1. The fourth-order valence-corrected chi connectivity index (χ4v) is 2.98. The quantitative estimate of drug-likeness (QED) is 0.839. The standard InChI is InChI=1S/C15H22INO/c1-12(2)17-9-7-15(18,8-10-17)11-13-3-5-14(16)6-4-13/h3-6,12,18H,7-11H2,1-2H3. The average Bonchev–Trinajstić information content (AvgIpc) is 2.32. The molecule has 1 aromatic rings. The van der Waals surface area contributed by atoms with E-state index in [1.165, 1.54) is 9.13 Å². The lowest BCUT2D eigenvalue weighted by Gasteiger charge is -2.40. The molecule has 2 rings (SSSR count). The second kappa shape index (κ2) is 5.88. The summed E-state index contributed by atoms with van der Waals surface area (Å²) < 4.78 is 1.25. The molecule has 2 nitrogen and oxygen atoms in total. The molecule has 0 spiro atoms. The summed E-state index contributed by atoms with van der Waals surface area (Å²) in [5.41, 5.74) is 0.744. The molecular formula is C15H22INO. The highest BCUT2D eigenvalue weighted by Crippen LogP contribution is 2.27. The molecule has 0 amide bonds. The van der Waals surface area contributed by atoms with E-state index in [0.29, 0.717) is 6.04 Å². The van der Waals surface area contributed by atoms with Gasteiger partial charge in [0.15, 0.2) is 0 Å². The lowest BCUT2D eigenvalue weighted by Crippen LogP contribution is -2.47. The van der Waals surface area contributed by atoms with Gasteiger partial charge in [-0.15, -0.1) is 0 Å². The Morgan fingerprint density at radius 3 is 2.28 bits per heavy atom. The van der Waals surface area contributed by atoms with Gasteiger partial charge < -0.3 is 10.0 Å². The molecule has 0 bridgehead atoms. The molecule has 0 aliphatic carbocycles. The van der Waals surface area contributed by atoms with E-state index in [-0.39, 0.29) is 0 Å². The van der Waals surface area contributed by atoms with Gasteiger partial charge in [-0.1, -0.05) is 12.1 Å². The number of benzene rings is 1. The van der Waals surface area contributed by atoms with E-state index in [1.54, 1.807) is 0 Å². The minimum Gasteiger partial charge on any atom is -0.389 e. The average molecular weight is 359 g/mol. The van der Waals surface area contributed by atoms with Crippen LogP contribution in [0.1, 0.15) is 32.3 Å². The van der Waals surface area contributed by atoms with Gasteiger partial charge in [0.05, 0.1) is 5.60 Å². The Morgan fingerprint density at radius 1 is 1.22 bits per heavy atom. The molecule has 1 aromatic carbocycles. The first-order chi connectivity index (χ1) is 8.48. The zero-order chi connectivity index (χ0) is 13.2. The van der Waals surface area contributed by atoms with E-state index in [2.05, 4.69) is 65.6 Å². The number of hydrogen-bond donors (Lipinski definition) is 1. The molecular weight excluding hydrogens is 337 g/mol. The van der Waals surface area contributed by atoms with Gasteiger partial charge in [0.25, 0.3) is 0 Å². The van der Waals surface area contributed by atoms with Gasteiger partial charge >= 0.3 is 0 Å². The van der Waals surface area contributed by atoms with E-state index < -0.39 is 5.60 Å². The van der Waals surface area contributed by atoms with Gasteiger partial charge in [0.2, 0.25) is 0 Å². The molecule has 100 valence electrons. The van der Waals surface area contributed by atoms with Crippen molar-refractivity contribution in [1.29, 1.82) is 0 Å². The molecule has 0 radical (unpaired) electrons. The summed E-state index contributed by atoms with van der Waals surface area (Å²) in [6.07, 6.45) is 2.56. The van der Waals surface area contributed by atoms with Crippen LogP contribution in [0.2, 0.25) is 0 Å². The van der Waals surface area contributed by atoms with Crippen LogP contribution in [0.25, 0.3) is 0 Å². The van der Waals surface area contributed by atoms with Crippen molar-refractivity contribution in [3.8, 4) is 0 Å². The van der Waals surface area contributed by atoms with Gasteiger partial charge in [0.1, 0.15) is 0 Å². The van der Waals surface area contributed by atoms with Crippen molar-refractivity contribution in [3.05, 3.63) is 33.4 Å². The third-order valence-corrected chi connectivity index (χ3v) is 4.62. The van der Waals surface area contributed by atoms with E-state index >= 15 is 0 Å². The van der Waals surface area contributed by atoms with Crippen LogP contribution in [-0.2, 0) is 6.42 Å².